The molecule has 0 radical (unpaired) electrons. The van der Waals surface area contributed by atoms with Crippen molar-refractivity contribution in [2.75, 3.05) is 23.6 Å². The minimum atomic E-state index is -3.91. The number of pyridine rings is 1. The van der Waals surface area contributed by atoms with Crippen LogP contribution in [0.1, 0.15) is 67.8 Å². The summed E-state index contributed by atoms with van der Waals surface area (Å²) in [6.45, 7) is -0.398. The molecular weight excluding hydrogens is 777 g/mol. The van der Waals surface area contributed by atoms with Crippen LogP contribution < -0.4 is 18.9 Å². The number of halogens is 4. The van der Waals surface area contributed by atoms with Crippen molar-refractivity contribution in [2.24, 2.45) is 5.92 Å². The van der Waals surface area contributed by atoms with Crippen molar-refractivity contribution in [2.45, 2.75) is 52.2 Å². The molecule has 286 valence electrons. The third-order valence-corrected chi connectivity index (χ3v) is 10.7. The van der Waals surface area contributed by atoms with Gasteiger partial charge in [0.25, 0.3) is 11.8 Å². The Morgan fingerprint density at radius 2 is 1.76 bits per heavy atom. The fraction of sp³-hybridized carbons (Fsp3) is 0.343. The highest BCUT2D eigenvalue weighted by molar-refractivity contribution is 7.92. The predicted octanol–water partition coefficient (Wildman–Crippen LogP) is 5.73. The van der Waals surface area contributed by atoms with E-state index in [9.17, 15) is 36.8 Å². The monoisotopic (exact) mass is 808 g/mol. The van der Waals surface area contributed by atoms with Crippen LogP contribution in [0.3, 0.4) is 0 Å². The van der Waals surface area contributed by atoms with Gasteiger partial charge in [-0.2, -0.15) is 13.5 Å². The molecule has 1 saturated carbocycles. The molecule has 2 aliphatic rings. The average Bonchev–Trinajstić information content (AvgIpc) is 3.83. The number of carbonyl (C=O) groups excluding carboxylic acids is 3. The summed E-state index contributed by atoms with van der Waals surface area (Å²) in [6, 6.07) is 7.72. The fourth-order valence-electron chi connectivity index (χ4n) is 5.81. The number of nitrogens with zero attached hydrogens (tertiary/aromatic N) is 3. The standard InChI is InChI=1S/C35H32Cl2F2N4O10S/c1-18-23(19(2)53-40-18)9-10-54(48,49)41-22-6-7-24-25(12-22)34(46)43(33(24)45)16-32(44)51-30(13-26-27(36)14-42(47)15-28(26)37)21-5-8-29(52-35(38)39)31(11-21)50-17-20-3-4-20/h5-8,11-12,14-15,20,30,35,41H,3-4,9-10,13,16-17H2,1-2H3/t30-/m0/s1. The number of benzene rings is 2. The first-order valence-corrected chi connectivity index (χ1v) is 18.9. The lowest BCUT2D eigenvalue weighted by Crippen LogP contribution is -2.36. The molecule has 0 spiro atoms. The molecule has 2 aromatic carbocycles. The average molecular weight is 810 g/mol. The third-order valence-electron chi connectivity index (χ3n) is 8.78. The van der Waals surface area contributed by atoms with E-state index in [4.69, 9.17) is 37.2 Å². The van der Waals surface area contributed by atoms with Crippen LogP contribution in [-0.4, -0.2) is 61.8 Å². The van der Waals surface area contributed by atoms with Crippen LogP contribution in [0.15, 0.2) is 53.3 Å². The summed E-state index contributed by atoms with van der Waals surface area (Å²) in [7, 11) is -3.91. The molecule has 1 N–H and O–H groups in total. The lowest BCUT2D eigenvalue weighted by Gasteiger charge is -2.22. The highest BCUT2D eigenvalue weighted by atomic mass is 35.5. The van der Waals surface area contributed by atoms with Crippen molar-refractivity contribution in [1.29, 1.82) is 0 Å². The first-order chi connectivity index (χ1) is 25.6. The number of imide groups is 1. The Balaban J connectivity index is 1.20. The molecule has 0 bridgehead atoms. The predicted molar refractivity (Wildman–Crippen MR) is 188 cm³/mol. The number of aryl methyl sites for hydroxylation is 2. The molecule has 1 fully saturated rings. The summed E-state index contributed by atoms with van der Waals surface area (Å²) in [6.07, 6.45) is 2.56. The van der Waals surface area contributed by atoms with Gasteiger partial charge in [0, 0.05) is 23.2 Å². The first-order valence-electron chi connectivity index (χ1n) is 16.5. The van der Waals surface area contributed by atoms with E-state index >= 15 is 0 Å². The van der Waals surface area contributed by atoms with Crippen molar-refractivity contribution in [3.8, 4) is 11.5 Å². The maximum absolute atomic E-state index is 13.5. The van der Waals surface area contributed by atoms with E-state index in [1.54, 1.807) is 13.8 Å². The molecule has 19 heteroatoms. The van der Waals surface area contributed by atoms with Crippen molar-refractivity contribution in [1.82, 2.24) is 10.1 Å². The summed E-state index contributed by atoms with van der Waals surface area (Å²) in [5, 5.41) is 15.6. The second-order valence-electron chi connectivity index (χ2n) is 12.7. The van der Waals surface area contributed by atoms with Gasteiger partial charge in [0.05, 0.1) is 29.2 Å². The Bertz CT molecular complexity index is 2190. The van der Waals surface area contributed by atoms with Crippen molar-refractivity contribution < 1.29 is 55.0 Å². The minimum absolute atomic E-state index is 0.0214. The second kappa shape index (κ2) is 15.8. The van der Waals surface area contributed by atoms with Crippen LogP contribution >= 0.6 is 23.2 Å². The maximum atomic E-state index is 13.5. The Morgan fingerprint density at radius 1 is 1.06 bits per heavy atom. The Kier molecular flexibility index (Phi) is 11.3. The summed E-state index contributed by atoms with van der Waals surface area (Å²) in [5.74, 6) is -2.62. The quantitative estimate of drug-likeness (QED) is 0.0632. The van der Waals surface area contributed by atoms with Gasteiger partial charge in [-0.05, 0) is 74.9 Å². The van der Waals surface area contributed by atoms with Crippen LogP contribution in [0.25, 0.3) is 0 Å². The summed E-state index contributed by atoms with van der Waals surface area (Å²) in [5.41, 5.74) is 1.48. The summed E-state index contributed by atoms with van der Waals surface area (Å²) >= 11 is 12.6. The zero-order valence-corrected chi connectivity index (χ0v) is 31.0. The van der Waals surface area contributed by atoms with Crippen molar-refractivity contribution in [3.05, 3.63) is 103 Å². The molecule has 1 aliphatic carbocycles. The zero-order chi connectivity index (χ0) is 38.9. The number of fused-ring (bicyclic) bond motifs is 1. The number of nitrogens with one attached hydrogen (secondary N) is 1. The van der Waals surface area contributed by atoms with Crippen LogP contribution in [-0.2, 0) is 32.4 Å². The molecule has 0 unspecified atom stereocenters. The number of anilines is 1. The van der Waals surface area contributed by atoms with E-state index in [-0.39, 0.29) is 80.6 Å². The van der Waals surface area contributed by atoms with Gasteiger partial charge in [0.2, 0.25) is 10.0 Å². The third kappa shape index (κ3) is 9.02. The smallest absolute Gasteiger partial charge is 0.387 e. The Hall–Kier alpha value is -5.00. The molecule has 2 amide bonds. The van der Waals surface area contributed by atoms with E-state index in [2.05, 4.69) is 14.6 Å². The number of aromatic nitrogens is 2. The van der Waals surface area contributed by atoms with E-state index < -0.39 is 47.1 Å². The normalized spacial score (nSPS) is 14.7. The van der Waals surface area contributed by atoms with Crippen LogP contribution in [0.4, 0.5) is 14.5 Å². The molecule has 0 saturated heterocycles. The summed E-state index contributed by atoms with van der Waals surface area (Å²) in [4.78, 5) is 40.9. The number of sulfonamides is 1. The highest BCUT2D eigenvalue weighted by Crippen LogP contribution is 2.38. The van der Waals surface area contributed by atoms with Gasteiger partial charge < -0.3 is 23.9 Å². The molecule has 54 heavy (non-hydrogen) atoms. The molecular formula is C35H32Cl2F2N4O10S. The largest absolute Gasteiger partial charge is 0.619 e. The highest BCUT2D eigenvalue weighted by Gasteiger charge is 2.38. The first kappa shape index (κ1) is 38.7. The van der Waals surface area contributed by atoms with E-state index in [1.807, 2.05) is 0 Å². The van der Waals surface area contributed by atoms with Gasteiger partial charge in [0.15, 0.2) is 23.9 Å². The fourth-order valence-corrected chi connectivity index (χ4v) is 7.47. The number of hydrogen-bond donors (Lipinski definition) is 1. The van der Waals surface area contributed by atoms with Crippen LogP contribution in [0.5, 0.6) is 11.5 Å². The lowest BCUT2D eigenvalue weighted by molar-refractivity contribution is -0.605. The van der Waals surface area contributed by atoms with E-state index in [1.165, 1.54) is 36.4 Å². The number of hydrogen-bond acceptors (Lipinski definition) is 11. The summed E-state index contributed by atoms with van der Waals surface area (Å²) < 4.78 is 76.2. The van der Waals surface area contributed by atoms with E-state index in [0.717, 1.165) is 25.2 Å². The Labute approximate surface area is 317 Å². The SMILES string of the molecule is Cc1noc(C)c1CCS(=O)(=O)Nc1ccc2c(c1)C(=O)N(CC(=O)O[C@@H](Cc1c(Cl)c[n+]([O-])cc1Cl)c1ccc(OC(F)F)c(OCC3CC3)c1)C2=O. The molecule has 1 aliphatic heterocycles. The second-order valence-corrected chi connectivity index (χ2v) is 15.4. The van der Waals surface area contributed by atoms with Crippen molar-refractivity contribution in [3.63, 3.8) is 0 Å². The minimum Gasteiger partial charge on any atom is -0.619 e. The lowest BCUT2D eigenvalue weighted by atomic mass is 10.0. The number of carbonyl (C=O) groups is 3. The number of esters is 1. The molecule has 14 nitrogen and oxygen atoms in total. The molecule has 3 heterocycles. The topological polar surface area (TPSA) is 181 Å². The molecule has 2 aromatic heterocycles. The van der Waals surface area contributed by atoms with Gasteiger partial charge >= 0.3 is 12.6 Å². The number of ether oxygens (including phenoxy) is 3. The molecule has 1 atom stereocenters. The number of amides is 2. The number of alkyl halides is 2. The van der Waals surface area contributed by atoms with E-state index in [0.29, 0.717) is 26.6 Å². The van der Waals surface area contributed by atoms with Gasteiger partial charge in [0.1, 0.15) is 28.5 Å². The number of rotatable bonds is 16. The molecule has 6 rings (SSSR count). The van der Waals surface area contributed by atoms with Crippen molar-refractivity contribution >= 4 is 56.7 Å². The van der Waals surface area contributed by atoms with Crippen LogP contribution in [0, 0.1) is 25.0 Å². The van der Waals surface area contributed by atoms with Gasteiger partial charge in [-0.3, -0.25) is 24.0 Å². The van der Waals surface area contributed by atoms with Gasteiger partial charge in [-0.25, -0.2) is 8.42 Å². The zero-order valence-electron chi connectivity index (χ0n) is 28.6. The maximum Gasteiger partial charge on any atom is 0.387 e. The van der Waals surface area contributed by atoms with Gasteiger partial charge in [-0.1, -0.05) is 34.4 Å². The van der Waals surface area contributed by atoms with Gasteiger partial charge in [-0.15, -0.1) is 0 Å². The van der Waals surface area contributed by atoms with Crippen LogP contribution in [0.2, 0.25) is 10.0 Å². The Morgan fingerprint density at radius 3 is 2.41 bits per heavy atom. The molecule has 4 aromatic rings.